The van der Waals surface area contributed by atoms with Gasteiger partial charge in [0.2, 0.25) is 0 Å². The SMILES string of the molecule is CC(C)(C)OCCN1CCCN(CC2C=C(C(C)(C)C)C2)CC1. The first-order chi connectivity index (χ1) is 10.6. The summed E-state index contributed by atoms with van der Waals surface area (Å²) in [6, 6.07) is 0. The minimum atomic E-state index is -0.0147. The van der Waals surface area contributed by atoms with Crippen LogP contribution in [0.5, 0.6) is 0 Å². The van der Waals surface area contributed by atoms with Gasteiger partial charge in [0.05, 0.1) is 12.2 Å². The third kappa shape index (κ3) is 6.56. The molecule has 1 fully saturated rings. The first-order valence-electron chi connectivity index (χ1n) is 9.43. The van der Waals surface area contributed by atoms with Crippen LogP contribution in [0.4, 0.5) is 0 Å². The highest BCUT2D eigenvalue weighted by atomic mass is 16.5. The lowest BCUT2D eigenvalue weighted by Gasteiger charge is -2.37. The van der Waals surface area contributed by atoms with Gasteiger partial charge in [0.25, 0.3) is 0 Å². The van der Waals surface area contributed by atoms with Gasteiger partial charge < -0.3 is 9.64 Å². The van der Waals surface area contributed by atoms with Crippen LogP contribution in [-0.4, -0.2) is 61.3 Å². The Morgan fingerprint density at radius 3 is 2.22 bits per heavy atom. The Bertz CT molecular complexity index is 403. The molecule has 134 valence electrons. The number of nitrogens with zero attached hydrogens (tertiary/aromatic N) is 2. The molecule has 23 heavy (non-hydrogen) atoms. The fraction of sp³-hybridized carbons (Fsp3) is 0.900. The quantitative estimate of drug-likeness (QED) is 0.716. The fourth-order valence-electron chi connectivity index (χ4n) is 3.45. The Hall–Kier alpha value is -0.380. The van der Waals surface area contributed by atoms with Crippen LogP contribution in [0.2, 0.25) is 0 Å². The molecule has 2 aliphatic rings. The zero-order valence-electron chi connectivity index (χ0n) is 16.3. The number of ether oxygens (including phenoxy) is 1. The van der Waals surface area contributed by atoms with Crippen LogP contribution in [0.3, 0.4) is 0 Å². The lowest BCUT2D eigenvalue weighted by molar-refractivity contribution is -0.0127. The molecule has 2 rings (SSSR count). The van der Waals surface area contributed by atoms with E-state index in [1.54, 1.807) is 5.57 Å². The summed E-state index contributed by atoms with van der Waals surface area (Å²) in [5, 5.41) is 0. The number of allylic oxidation sites excluding steroid dienone is 1. The van der Waals surface area contributed by atoms with E-state index >= 15 is 0 Å². The lowest BCUT2D eigenvalue weighted by Crippen LogP contribution is -2.37. The third-order valence-electron chi connectivity index (χ3n) is 5.00. The summed E-state index contributed by atoms with van der Waals surface area (Å²) in [4.78, 5) is 5.24. The third-order valence-corrected chi connectivity index (χ3v) is 5.00. The topological polar surface area (TPSA) is 15.7 Å². The van der Waals surface area contributed by atoms with Crippen molar-refractivity contribution in [3.05, 3.63) is 11.6 Å². The Labute approximate surface area is 144 Å². The van der Waals surface area contributed by atoms with Gasteiger partial charge >= 0.3 is 0 Å². The van der Waals surface area contributed by atoms with Crippen molar-refractivity contribution in [2.24, 2.45) is 11.3 Å². The minimum Gasteiger partial charge on any atom is -0.375 e. The predicted octanol–water partition coefficient (Wildman–Crippen LogP) is 3.80. The van der Waals surface area contributed by atoms with Gasteiger partial charge in [-0.3, -0.25) is 4.90 Å². The maximum atomic E-state index is 5.87. The molecule has 0 aromatic heterocycles. The monoisotopic (exact) mass is 322 g/mol. The zero-order valence-corrected chi connectivity index (χ0v) is 16.3. The molecule has 0 N–H and O–H groups in total. The highest BCUT2D eigenvalue weighted by Crippen LogP contribution is 2.39. The molecule has 0 aromatic carbocycles. The van der Waals surface area contributed by atoms with E-state index in [9.17, 15) is 0 Å². The molecule has 0 radical (unpaired) electrons. The van der Waals surface area contributed by atoms with Gasteiger partial charge in [0.15, 0.2) is 0 Å². The largest absolute Gasteiger partial charge is 0.375 e. The molecule has 3 heteroatoms. The standard InChI is InChI=1S/C20H38N2O/c1-19(2,3)18-14-17(15-18)16-22-9-7-8-21(10-11-22)12-13-23-20(4,5)6/h14,17H,7-13,15-16H2,1-6H3. The predicted molar refractivity (Wildman–Crippen MR) is 98.8 cm³/mol. The van der Waals surface area contributed by atoms with Gasteiger partial charge in [-0.25, -0.2) is 0 Å². The first kappa shape index (κ1) is 19.0. The number of hydrogen-bond acceptors (Lipinski definition) is 3. The molecule has 0 bridgehead atoms. The van der Waals surface area contributed by atoms with E-state index in [4.69, 9.17) is 4.74 Å². The highest BCUT2D eigenvalue weighted by Gasteiger charge is 2.29. The van der Waals surface area contributed by atoms with Gasteiger partial charge in [-0.15, -0.1) is 0 Å². The first-order valence-corrected chi connectivity index (χ1v) is 9.43. The van der Waals surface area contributed by atoms with Gasteiger partial charge in [0.1, 0.15) is 0 Å². The van der Waals surface area contributed by atoms with E-state index < -0.39 is 0 Å². The van der Waals surface area contributed by atoms with Crippen molar-refractivity contribution in [2.45, 2.75) is 60.0 Å². The van der Waals surface area contributed by atoms with Crippen LogP contribution < -0.4 is 0 Å². The maximum Gasteiger partial charge on any atom is 0.0600 e. The van der Waals surface area contributed by atoms with Crippen molar-refractivity contribution in [2.75, 3.05) is 45.9 Å². The van der Waals surface area contributed by atoms with Crippen molar-refractivity contribution < 1.29 is 4.74 Å². The molecule has 1 unspecified atom stereocenters. The van der Waals surface area contributed by atoms with Gasteiger partial charge in [-0.2, -0.15) is 0 Å². The molecule has 0 spiro atoms. The average Bonchev–Trinajstić information content (AvgIpc) is 2.56. The molecule has 1 saturated heterocycles. The summed E-state index contributed by atoms with van der Waals surface area (Å²) >= 11 is 0. The van der Waals surface area contributed by atoms with Crippen molar-refractivity contribution >= 4 is 0 Å². The van der Waals surface area contributed by atoms with E-state index in [2.05, 4.69) is 57.4 Å². The van der Waals surface area contributed by atoms with Crippen LogP contribution in [0.1, 0.15) is 54.4 Å². The molecule has 1 aliphatic carbocycles. The summed E-state index contributed by atoms with van der Waals surface area (Å²) in [6.45, 7) is 21.5. The van der Waals surface area contributed by atoms with E-state index in [-0.39, 0.29) is 5.60 Å². The Kier molecular flexibility index (Phi) is 6.32. The van der Waals surface area contributed by atoms with Crippen molar-refractivity contribution in [1.29, 1.82) is 0 Å². The molecule has 0 saturated carbocycles. The molecular weight excluding hydrogens is 284 g/mol. The lowest BCUT2D eigenvalue weighted by atomic mass is 9.72. The molecule has 0 aromatic rings. The normalized spacial score (nSPS) is 25.0. The van der Waals surface area contributed by atoms with Crippen LogP contribution >= 0.6 is 0 Å². The zero-order chi connectivity index (χ0) is 17.1. The second kappa shape index (κ2) is 7.67. The van der Waals surface area contributed by atoms with Gasteiger partial charge in [-0.05, 0) is 58.0 Å². The summed E-state index contributed by atoms with van der Waals surface area (Å²) in [5.41, 5.74) is 2.01. The van der Waals surface area contributed by atoms with Crippen molar-refractivity contribution in [3.63, 3.8) is 0 Å². The second-order valence-electron chi connectivity index (χ2n) is 9.36. The second-order valence-corrected chi connectivity index (χ2v) is 9.36. The van der Waals surface area contributed by atoms with Crippen LogP contribution in [0.15, 0.2) is 11.6 Å². The average molecular weight is 323 g/mol. The fourth-order valence-corrected chi connectivity index (χ4v) is 3.45. The Morgan fingerprint density at radius 1 is 1.00 bits per heavy atom. The van der Waals surface area contributed by atoms with Crippen LogP contribution in [-0.2, 0) is 4.74 Å². The minimum absolute atomic E-state index is 0.0147. The van der Waals surface area contributed by atoms with Crippen molar-refractivity contribution in [3.8, 4) is 0 Å². The van der Waals surface area contributed by atoms with E-state index in [1.165, 1.54) is 45.6 Å². The molecule has 1 heterocycles. The molecular formula is C20H38N2O. The summed E-state index contributed by atoms with van der Waals surface area (Å²) < 4.78 is 5.87. The Morgan fingerprint density at radius 2 is 1.61 bits per heavy atom. The smallest absolute Gasteiger partial charge is 0.0600 e. The summed E-state index contributed by atoms with van der Waals surface area (Å²) in [5.74, 6) is 0.792. The van der Waals surface area contributed by atoms with Gasteiger partial charge in [-0.1, -0.05) is 32.4 Å². The highest BCUT2D eigenvalue weighted by molar-refractivity contribution is 5.23. The number of hydrogen-bond donors (Lipinski definition) is 0. The number of rotatable bonds is 5. The van der Waals surface area contributed by atoms with Crippen LogP contribution in [0, 0.1) is 11.3 Å². The van der Waals surface area contributed by atoms with Crippen molar-refractivity contribution in [1.82, 2.24) is 9.80 Å². The van der Waals surface area contributed by atoms with Gasteiger partial charge in [0, 0.05) is 26.2 Å². The van der Waals surface area contributed by atoms with E-state index in [0.29, 0.717) is 5.41 Å². The molecule has 1 aliphatic heterocycles. The molecule has 0 amide bonds. The van der Waals surface area contributed by atoms with Crippen LogP contribution in [0.25, 0.3) is 0 Å². The van der Waals surface area contributed by atoms with E-state index in [0.717, 1.165) is 19.1 Å². The summed E-state index contributed by atoms with van der Waals surface area (Å²) in [7, 11) is 0. The van der Waals surface area contributed by atoms with E-state index in [1.807, 2.05) is 0 Å². The Balaban J connectivity index is 1.68. The molecule has 3 nitrogen and oxygen atoms in total. The molecule has 1 atom stereocenters. The summed E-state index contributed by atoms with van der Waals surface area (Å²) in [6.07, 6.45) is 5.13. The maximum absolute atomic E-state index is 5.87.